The van der Waals surface area contributed by atoms with Crippen LogP contribution in [0.2, 0.25) is 0 Å². The molecule has 4 rings (SSSR count). The summed E-state index contributed by atoms with van der Waals surface area (Å²) in [5.74, 6) is 1.57. The highest BCUT2D eigenvalue weighted by atomic mass is 32.2. The first-order chi connectivity index (χ1) is 12.0. The molecule has 2 aromatic carbocycles. The Balaban J connectivity index is 1.86. The molecule has 1 aliphatic heterocycles. The molecule has 1 aliphatic rings. The van der Waals surface area contributed by atoms with E-state index in [1.807, 2.05) is 48.4 Å². The molecule has 3 aromatic rings. The van der Waals surface area contributed by atoms with Gasteiger partial charge in [-0.3, -0.25) is 0 Å². The first kappa shape index (κ1) is 16.1. The minimum Gasteiger partial charge on any atom is -0.493 e. The van der Waals surface area contributed by atoms with Gasteiger partial charge in [0.15, 0.2) is 5.69 Å². The fraction of sp³-hybridized carbons (Fsp3) is 0.263. The third-order valence-electron chi connectivity index (χ3n) is 4.52. The second-order valence-corrected chi connectivity index (χ2v) is 7.46. The van der Waals surface area contributed by atoms with Gasteiger partial charge in [-0.25, -0.2) is 4.39 Å². The van der Waals surface area contributed by atoms with Gasteiger partial charge in [-0.15, -0.1) is 5.11 Å². The lowest BCUT2D eigenvalue weighted by Crippen LogP contribution is -2.22. The van der Waals surface area contributed by atoms with Crippen molar-refractivity contribution in [3.63, 3.8) is 0 Å². The standard InChI is InChI=1S/C19H18FN3OS/c1-11-3-4-12(2)16(7-11)21-22-18-15-8-13(20)5-6-17(15)23(19(18)24)14-9-25-10-14/h3-8,14,24H,9-10H2,1-2H3. The second-order valence-electron chi connectivity index (χ2n) is 6.38. The number of azo groups is 1. The lowest BCUT2D eigenvalue weighted by atomic mass is 10.1. The smallest absolute Gasteiger partial charge is 0.221 e. The molecule has 1 N–H and O–H groups in total. The zero-order valence-corrected chi connectivity index (χ0v) is 14.8. The van der Waals surface area contributed by atoms with E-state index in [9.17, 15) is 9.50 Å². The summed E-state index contributed by atoms with van der Waals surface area (Å²) in [4.78, 5) is 0. The van der Waals surface area contributed by atoms with E-state index in [4.69, 9.17) is 0 Å². The van der Waals surface area contributed by atoms with Crippen molar-refractivity contribution in [1.29, 1.82) is 0 Å². The van der Waals surface area contributed by atoms with E-state index >= 15 is 0 Å². The molecule has 0 aliphatic carbocycles. The Bertz CT molecular complexity index is 992. The van der Waals surface area contributed by atoms with Gasteiger partial charge in [0.2, 0.25) is 5.88 Å². The van der Waals surface area contributed by atoms with Crippen LogP contribution < -0.4 is 0 Å². The summed E-state index contributed by atoms with van der Waals surface area (Å²) < 4.78 is 15.6. The molecule has 0 amide bonds. The van der Waals surface area contributed by atoms with Gasteiger partial charge in [-0.1, -0.05) is 12.1 Å². The molecule has 0 spiro atoms. The number of hydrogen-bond acceptors (Lipinski definition) is 4. The minimum atomic E-state index is -0.351. The van der Waals surface area contributed by atoms with Crippen LogP contribution in [0.25, 0.3) is 10.9 Å². The monoisotopic (exact) mass is 355 g/mol. The molecule has 0 unspecified atom stereocenters. The average Bonchev–Trinajstić information content (AvgIpc) is 2.79. The Hall–Kier alpha value is -2.34. The van der Waals surface area contributed by atoms with Gasteiger partial charge in [0.05, 0.1) is 17.2 Å². The van der Waals surface area contributed by atoms with Crippen LogP contribution in [0.1, 0.15) is 17.2 Å². The molecule has 0 saturated carbocycles. The number of thioether (sulfide) groups is 1. The van der Waals surface area contributed by atoms with Gasteiger partial charge in [-0.2, -0.15) is 16.9 Å². The number of fused-ring (bicyclic) bond motifs is 1. The quantitative estimate of drug-likeness (QED) is 0.603. The summed E-state index contributed by atoms with van der Waals surface area (Å²) in [5.41, 5.74) is 3.95. The van der Waals surface area contributed by atoms with Crippen LogP contribution in [0, 0.1) is 19.7 Å². The number of halogens is 1. The van der Waals surface area contributed by atoms with Crippen molar-refractivity contribution in [3.8, 4) is 5.88 Å². The Morgan fingerprint density at radius 1 is 1.12 bits per heavy atom. The molecule has 4 nitrogen and oxygen atoms in total. The summed E-state index contributed by atoms with van der Waals surface area (Å²) in [6, 6.07) is 10.7. The zero-order valence-electron chi connectivity index (χ0n) is 14.0. The highest BCUT2D eigenvalue weighted by Crippen LogP contribution is 2.45. The first-order valence-corrected chi connectivity index (χ1v) is 9.29. The Morgan fingerprint density at radius 2 is 1.92 bits per heavy atom. The van der Waals surface area contributed by atoms with E-state index in [1.165, 1.54) is 12.1 Å². The Morgan fingerprint density at radius 3 is 2.64 bits per heavy atom. The number of aromatic hydroxyl groups is 1. The second kappa shape index (κ2) is 6.19. The molecule has 1 aromatic heterocycles. The van der Waals surface area contributed by atoms with Crippen LogP contribution in [0.3, 0.4) is 0 Å². The third kappa shape index (κ3) is 2.80. The van der Waals surface area contributed by atoms with E-state index in [0.29, 0.717) is 11.1 Å². The molecule has 128 valence electrons. The maximum atomic E-state index is 13.8. The van der Waals surface area contributed by atoms with Crippen molar-refractivity contribution in [2.45, 2.75) is 19.9 Å². The maximum Gasteiger partial charge on any atom is 0.221 e. The normalized spacial score (nSPS) is 15.2. The minimum absolute atomic E-state index is 0.0555. The van der Waals surface area contributed by atoms with Crippen molar-refractivity contribution in [3.05, 3.63) is 53.3 Å². The maximum absolute atomic E-state index is 13.8. The van der Waals surface area contributed by atoms with E-state index < -0.39 is 0 Å². The summed E-state index contributed by atoms with van der Waals surface area (Å²) >= 11 is 1.82. The fourth-order valence-corrected chi connectivity index (χ4v) is 3.77. The van der Waals surface area contributed by atoms with Gasteiger partial charge in [0.25, 0.3) is 0 Å². The van der Waals surface area contributed by atoms with Crippen molar-refractivity contribution in [2.75, 3.05) is 11.5 Å². The molecule has 1 fully saturated rings. The van der Waals surface area contributed by atoms with Gasteiger partial charge in [-0.05, 0) is 49.2 Å². The predicted octanol–water partition coefficient (Wildman–Crippen LogP) is 5.81. The third-order valence-corrected chi connectivity index (χ3v) is 5.76. The molecule has 1 saturated heterocycles. The number of benzene rings is 2. The molecule has 25 heavy (non-hydrogen) atoms. The number of rotatable bonds is 3. The summed E-state index contributed by atoms with van der Waals surface area (Å²) in [6.07, 6.45) is 0. The summed E-state index contributed by atoms with van der Waals surface area (Å²) in [7, 11) is 0. The van der Waals surface area contributed by atoms with Crippen LogP contribution >= 0.6 is 11.8 Å². The average molecular weight is 355 g/mol. The number of hydrogen-bond donors (Lipinski definition) is 1. The Labute approximate surface area is 149 Å². The van der Waals surface area contributed by atoms with Crippen LogP contribution in [0.5, 0.6) is 5.88 Å². The van der Waals surface area contributed by atoms with Crippen LogP contribution in [0.15, 0.2) is 46.6 Å². The van der Waals surface area contributed by atoms with Crippen LogP contribution in [-0.2, 0) is 0 Å². The summed E-state index contributed by atoms with van der Waals surface area (Å²) in [6.45, 7) is 3.95. The molecule has 0 atom stereocenters. The Kier molecular flexibility index (Phi) is 4.00. The van der Waals surface area contributed by atoms with E-state index in [0.717, 1.165) is 33.8 Å². The van der Waals surface area contributed by atoms with E-state index in [-0.39, 0.29) is 17.7 Å². The lowest BCUT2D eigenvalue weighted by Gasteiger charge is -2.27. The van der Waals surface area contributed by atoms with E-state index in [1.54, 1.807) is 6.07 Å². The molecular weight excluding hydrogens is 337 g/mol. The van der Waals surface area contributed by atoms with Crippen molar-refractivity contribution in [2.24, 2.45) is 10.2 Å². The number of aryl methyl sites for hydroxylation is 2. The largest absolute Gasteiger partial charge is 0.493 e. The van der Waals surface area contributed by atoms with Gasteiger partial charge in [0, 0.05) is 16.9 Å². The molecule has 0 bridgehead atoms. The first-order valence-electron chi connectivity index (χ1n) is 8.14. The molecule has 0 radical (unpaired) electrons. The van der Waals surface area contributed by atoms with Gasteiger partial charge >= 0.3 is 0 Å². The van der Waals surface area contributed by atoms with Gasteiger partial charge < -0.3 is 9.67 Å². The highest BCUT2D eigenvalue weighted by Gasteiger charge is 2.27. The fourth-order valence-electron chi connectivity index (χ4n) is 3.03. The van der Waals surface area contributed by atoms with Crippen molar-refractivity contribution in [1.82, 2.24) is 4.57 Å². The summed E-state index contributed by atoms with van der Waals surface area (Å²) in [5, 5.41) is 19.9. The topological polar surface area (TPSA) is 49.9 Å². The number of nitrogens with zero attached hydrogens (tertiary/aromatic N) is 3. The molecule has 2 heterocycles. The van der Waals surface area contributed by atoms with Gasteiger partial charge in [0.1, 0.15) is 5.82 Å². The lowest BCUT2D eigenvalue weighted by molar-refractivity contribution is 0.406. The molecular formula is C19H18FN3OS. The zero-order chi connectivity index (χ0) is 17.6. The highest BCUT2D eigenvalue weighted by molar-refractivity contribution is 8.00. The number of aromatic nitrogens is 1. The SMILES string of the molecule is Cc1ccc(C)c(N=Nc2c(O)n(C3CSC3)c3ccc(F)cc23)c1. The van der Waals surface area contributed by atoms with E-state index in [2.05, 4.69) is 10.2 Å². The van der Waals surface area contributed by atoms with Crippen molar-refractivity contribution < 1.29 is 9.50 Å². The molecule has 6 heteroatoms. The van der Waals surface area contributed by atoms with Crippen LogP contribution in [0.4, 0.5) is 15.8 Å². The van der Waals surface area contributed by atoms with Crippen LogP contribution in [-0.4, -0.2) is 21.2 Å². The van der Waals surface area contributed by atoms with Crippen molar-refractivity contribution >= 4 is 34.0 Å². The predicted molar refractivity (Wildman–Crippen MR) is 100 cm³/mol.